The maximum Gasteiger partial charge on any atom is 0.339 e. The number of aromatic carboxylic acids is 1. The van der Waals surface area contributed by atoms with E-state index in [1.165, 1.54) is 12.8 Å². The summed E-state index contributed by atoms with van der Waals surface area (Å²) in [5.41, 5.74) is 0.256. The molecule has 0 spiro atoms. The zero-order valence-corrected chi connectivity index (χ0v) is 11.5. The number of rotatable bonds is 8. The highest BCUT2D eigenvalue weighted by Gasteiger charge is 2.12. The van der Waals surface area contributed by atoms with Crippen LogP contribution in [0.5, 0.6) is 0 Å². The summed E-state index contributed by atoms with van der Waals surface area (Å²) in [6.07, 6.45) is 3.62. The molecule has 1 heterocycles. The molecule has 0 aromatic carbocycles. The quantitative estimate of drug-likeness (QED) is 0.698. The van der Waals surface area contributed by atoms with Crippen LogP contribution in [0.15, 0.2) is 10.5 Å². The molecular formula is C14H23NO3. The molecule has 1 rings (SSSR count). The molecule has 4 nitrogen and oxygen atoms in total. The van der Waals surface area contributed by atoms with E-state index in [9.17, 15) is 4.79 Å². The first-order chi connectivity index (χ1) is 8.50. The first-order valence-corrected chi connectivity index (χ1v) is 6.54. The lowest BCUT2D eigenvalue weighted by Crippen LogP contribution is -2.14. The SMILES string of the molecule is Cc1oc(CNCCCCC(C)C)cc1C(=O)O. The number of hydrogen-bond acceptors (Lipinski definition) is 3. The minimum absolute atomic E-state index is 0.256. The van der Waals surface area contributed by atoms with Crippen LogP contribution in [0.25, 0.3) is 0 Å². The van der Waals surface area contributed by atoms with Gasteiger partial charge in [0, 0.05) is 0 Å². The molecule has 0 saturated carbocycles. The number of carboxylic acid groups (broad SMARTS) is 1. The van der Waals surface area contributed by atoms with Crippen LogP contribution in [0.3, 0.4) is 0 Å². The van der Waals surface area contributed by atoms with Crippen molar-refractivity contribution in [2.75, 3.05) is 6.54 Å². The Bertz CT molecular complexity index is 382. The second-order valence-corrected chi connectivity index (χ2v) is 5.05. The van der Waals surface area contributed by atoms with Gasteiger partial charge in [-0.2, -0.15) is 0 Å². The Morgan fingerprint density at radius 2 is 2.17 bits per heavy atom. The summed E-state index contributed by atoms with van der Waals surface area (Å²) in [7, 11) is 0. The van der Waals surface area contributed by atoms with E-state index in [2.05, 4.69) is 19.2 Å². The fourth-order valence-corrected chi connectivity index (χ4v) is 1.86. The van der Waals surface area contributed by atoms with Crippen molar-refractivity contribution >= 4 is 5.97 Å². The first-order valence-electron chi connectivity index (χ1n) is 6.54. The Morgan fingerprint density at radius 1 is 1.44 bits per heavy atom. The molecule has 0 saturated heterocycles. The molecule has 1 aromatic rings. The average molecular weight is 253 g/mol. The Hall–Kier alpha value is -1.29. The number of aryl methyl sites for hydroxylation is 1. The van der Waals surface area contributed by atoms with Gasteiger partial charge in [0.1, 0.15) is 17.1 Å². The molecule has 0 radical (unpaired) electrons. The molecule has 0 aliphatic carbocycles. The minimum Gasteiger partial charge on any atom is -0.478 e. The molecule has 2 N–H and O–H groups in total. The molecule has 4 heteroatoms. The van der Waals surface area contributed by atoms with Crippen molar-refractivity contribution in [3.8, 4) is 0 Å². The Labute approximate surface area is 108 Å². The van der Waals surface area contributed by atoms with Gasteiger partial charge in [0.2, 0.25) is 0 Å². The molecule has 0 bridgehead atoms. The van der Waals surface area contributed by atoms with Crippen LogP contribution in [0.4, 0.5) is 0 Å². The van der Waals surface area contributed by atoms with Gasteiger partial charge in [0.15, 0.2) is 0 Å². The smallest absolute Gasteiger partial charge is 0.339 e. The lowest BCUT2D eigenvalue weighted by Gasteiger charge is -2.05. The fourth-order valence-electron chi connectivity index (χ4n) is 1.86. The zero-order chi connectivity index (χ0) is 13.5. The van der Waals surface area contributed by atoms with Crippen LogP contribution in [0, 0.1) is 12.8 Å². The normalized spacial score (nSPS) is 11.1. The number of carbonyl (C=O) groups is 1. The summed E-state index contributed by atoms with van der Waals surface area (Å²) in [4.78, 5) is 10.8. The van der Waals surface area contributed by atoms with Crippen LogP contribution < -0.4 is 5.32 Å². The summed E-state index contributed by atoms with van der Waals surface area (Å²) < 4.78 is 5.38. The van der Waals surface area contributed by atoms with Crippen molar-refractivity contribution in [1.29, 1.82) is 0 Å². The van der Waals surface area contributed by atoms with Gasteiger partial charge in [-0.25, -0.2) is 4.79 Å². The van der Waals surface area contributed by atoms with Gasteiger partial charge in [-0.1, -0.05) is 26.7 Å². The predicted molar refractivity (Wildman–Crippen MR) is 70.8 cm³/mol. The molecular weight excluding hydrogens is 230 g/mol. The van der Waals surface area contributed by atoms with E-state index in [0.29, 0.717) is 18.1 Å². The number of furan rings is 1. The third kappa shape index (κ3) is 4.92. The van der Waals surface area contributed by atoms with Gasteiger partial charge < -0.3 is 14.8 Å². The van der Waals surface area contributed by atoms with Crippen molar-refractivity contribution in [3.05, 3.63) is 23.2 Å². The molecule has 1 aromatic heterocycles. The lowest BCUT2D eigenvalue weighted by molar-refractivity contribution is 0.0695. The third-order valence-corrected chi connectivity index (χ3v) is 2.88. The van der Waals surface area contributed by atoms with Crippen molar-refractivity contribution in [1.82, 2.24) is 5.32 Å². The second kappa shape index (κ2) is 7.21. The van der Waals surface area contributed by atoms with E-state index in [1.54, 1.807) is 13.0 Å². The molecule has 0 aliphatic rings. The number of hydrogen-bond donors (Lipinski definition) is 2. The van der Waals surface area contributed by atoms with Crippen LogP contribution in [-0.2, 0) is 6.54 Å². The standard InChI is InChI=1S/C14H23NO3/c1-10(2)6-4-5-7-15-9-12-8-13(14(16)17)11(3)18-12/h8,10,15H,4-7,9H2,1-3H3,(H,16,17). The van der Waals surface area contributed by atoms with Crippen LogP contribution in [0.1, 0.15) is 55.0 Å². The van der Waals surface area contributed by atoms with Crippen molar-refractivity contribution in [2.45, 2.75) is 46.6 Å². The van der Waals surface area contributed by atoms with E-state index in [4.69, 9.17) is 9.52 Å². The van der Waals surface area contributed by atoms with E-state index in [0.717, 1.165) is 18.9 Å². The fraction of sp³-hybridized carbons (Fsp3) is 0.643. The molecule has 18 heavy (non-hydrogen) atoms. The second-order valence-electron chi connectivity index (χ2n) is 5.05. The maximum atomic E-state index is 10.8. The lowest BCUT2D eigenvalue weighted by atomic mass is 10.1. The van der Waals surface area contributed by atoms with Crippen molar-refractivity contribution in [3.63, 3.8) is 0 Å². The van der Waals surface area contributed by atoms with Crippen molar-refractivity contribution in [2.24, 2.45) is 5.92 Å². The molecule has 0 fully saturated rings. The van der Waals surface area contributed by atoms with Gasteiger partial charge >= 0.3 is 5.97 Å². The van der Waals surface area contributed by atoms with E-state index < -0.39 is 5.97 Å². The predicted octanol–water partition coefficient (Wildman–Crippen LogP) is 3.20. The van der Waals surface area contributed by atoms with Crippen molar-refractivity contribution < 1.29 is 14.3 Å². The van der Waals surface area contributed by atoms with Gasteiger partial charge in [0.05, 0.1) is 6.54 Å². The van der Waals surface area contributed by atoms with Crippen LogP contribution in [0.2, 0.25) is 0 Å². The first kappa shape index (κ1) is 14.8. The summed E-state index contributed by atoms with van der Waals surface area (Å²) in [5, 5.41) is 12.2. The minimum atomic E-state index is -0.931. The summed E-state index contributed by atoms with van der Waals surface area (Å²) in [6, 6.07) is 1.60. The van der Waals surface area contributed by atoms with Crippen LogP contribution in [-0.4, -0.2) is 17.6 Å². The maximum absolute atomic E-state index is 10.8. The monoisotopic (exact) mass is 253 g/mol. The number of unbranched alkanes of at least 4 members (excludes halogenated alkanes) is 1. The van der Waals surface area contributed by atoms with Gasteiger partial charge in [-0.3, -0.25) is 0 Å². The Morgan fingerprint density at radius 3 is 2.72 bits per heavy atom. The topological polar surface area (TPSA) is 62.5 Å². The Kier molecular flexibility index (Phi) is 5.92. The molecule has 0 aliphatic heterocycles. The summed E-state index contributed by atoms with van der Waals surface area (Å²) in [5.74, 6) is 0.989. The number of nitrogens with one attached hydrogen (secondary N) is 1. The molecule has 0 amide bonds. The highest BCUT2D eigenvalue weighted by molar-refractivity contribution is 5.88. The Balaban J connectivity index is 2.23. The summed E-state index contributed by atoms with van der Waals surface area (Å²) in [6.45, 7) is 7.67. The zero-order valence-electron chi connectivity index (χ0n) is 11.5. The van der Waals surface area contributed by atoms with Gasteiger partial charge in [0.25, 0.3) is 0 Å². The van der Waals surface area contributed by atoms with Gasteiger partial charge in [-0.15, -0.1) is 0 Å². The van der Waals surface area contributed by atoms with E-state index in [1.807, 2.05) is 0 Å². The van der Waals surface area contributed by atoms with Crippen LogP contribution >= 0.6 is 0 Å². The van der Waals surface area contributed by atoms with E-state index >= 15 is 0 Å². The third-order valence-electron chi connectivity index (χ3n) is 2.88. The highest BCUT2D eigenvalue weighted by atomic mass is 16.4. The average Bonchev–Trinajstić information content (AvgIpc) is 2.64. The van der Waals surface area contributed by atoms with Gasteiger partial charge in [-0.05, 0) is 31.9 Å². The highest BCUT2D eigenvalue weighted by Crippen LogP contribution is 2.14. The molecule has 102 valence electrons. The van der Waals surface area contributed by atoms with E-state index in [-0.39, 0.29) is 5.56 Å². The summed E-state index contributed by atoms with van der Waals surface area (Å²) >= 11 is 0. The molecule has 0 atom stereocenters. The number of carboxylic acids is 1. The largest absolute Gasteiger partial charge is 0.478 e. The molecule has 0 unspecified atom stereocenters.